The third-order valence-electron chi connectivity index (χ3n) is 4.76. The quantitative estimate of drug-likeness (QED) is 0.701. The summed E-state index contributed by atoms with van der Waals surface area (Å²) in [7, 11) is 2.01. The maximum absolute atomic E-state index is 4.61. The monoisotopic (exact) mass is 262 g/mol. The molecule has 1 heterocycles. The topological polar surface area (TPSA) is 17.8 Å². The largest absolute Gasteiger partial charge is 0.276 e. The van der Waals surface area contributed by atoms with Crippen molar-refractivity contribution in [3.8, 4) is 0 Å². The van der Waals surface area contributed by atoms with Gasteiger partial charge in [-0.2, -0.15) is 5.10 Å². The van der Waals surface area contributed by atoms with Gasteiger partial charge in [0, 0.05) is 19.2 Å². The van der Waals surface area contributed by atoms with Gasteiger partial charge < -0.3 is 0 Å². The molecule has 0 aromatic carbocycles. The Balaban J connectivity index is 1.86. The first-order valence-electron chi connectivity index (χ1n) is 8.00. The van der Waals surface area contributed by atoms with E-state index in [4.69, 9.17) is 0 Å². The fourth-order valence-corrected chi connectivity index (χ4v) is 3.67. The molecule has 1 aromatic heterocycles. The smallest absolute Gasteiger partial charge is 0.0657 e. The second-order valence-electron chi connectivity index (χ2n) is 7.03. The average molecular weight is 262 g/mol. The molecule has 1 saturated carbocycles. The van der Waals surface area contributed by atoms with E-state index in [1.807, 2.05) is 11.7 Å². The summed E-state index contributed by atoms with van der Waals surface area (Å²) < 4.78 is 1.93. The molecule has 1 fully saturated rings. The molecule has 2 heteroatoms. The fourth-order valence-electron chi connectivity index (χ4n) is 3.67. The third-order valence-corrected chi connectivity index (χ3v) is 4.76. The molecule has 4 unspecified atom stereocenters. The highest BCUT2D eigenvalue weighted by atomic mass is 15.2. The second-order valence-corrected chi connectivity index (χ2v) is 7.03. The van der Waals surface area contributed by atoms with Crippen molar-refractivity contribution >= 4 is 0 Å². The van der Waals surface area contributed by atoms with Crippen molar-refractivity contribution in [2.45, 2.75) is 59.3 Å². The zero-order valence-corrected chi connectivity index (χ0v) is 13.3. The van der Waals surface area contributed by atoms with Crippen LogP contribution in [0.5, 0.6) is 0 Å². The van der Waals surface area contributed by atoms with Gasteiger partial charge in [-0.25, -0.2) is 0 Å². The summed E-state index contributed by atoms with van der Waals surface area (Å²) in [5.41, 5.74) is 1.29. The molecule has 1 aromatic rings. The molecule has 2 rings (SSSR count). The molecule has 0 amide bonds. The van der Waals surface area contributed by atoms with Gasteiger partial charge in [-0.05, 0) is 55.4 Å². The Kier molecular flexibility index (Phi) is 4.70. The van der Waals surface area contributed by atoms with Gasteiger partial charge in [0.15, 0.2) is 0 Å². The Morgan fingerprint density at radius 3 is 2.47 bits per heavy atom. The van der Waals surface area contributed by atoms with Gasteiger partial charge in [-0.1, -0.05) is 27.7 Å². The highest BCUT2D eigenvalue weighted by molar-refractivity contribution is 5.08. The van der Waals surface area contributed by atoms with Crippen molar-refractivity contribution in [2.75, 3.05) is 0 Å². The van der Waals surface area contributed by atoms with E-state index < -0.39 is 0 Å². The van der Waals surface area contributed by atoms with Gasteiger partial charge >= 0.3 is 0 Å². The molecule has 0 N–H and O–H groups in total. The lowest BCUT2D eigenvalue weighted by molar-refractivity contribution is 0.372. The summed E-state index contributed by atoms with van der Waals surface area (Å²) in [6.07, 6.45) is 7.58. The minimum Gasteiger partial charge on any atom is -0.276 e. The fraction of sp³-hybridized carbons (Fsp3) is 0.824. The summed E-state index contributed by atoms with van der Waals surface area (Å²) in [6.45, 7) is 9.42. The van der Waals surface area contributed by atoms with E-state index in [-0.39, 0.29) is 0 Å². The van der Waals surface area contributed by atoms with Crippen molar-refractivity contribution in [1.82, 2.24) is 9.78 Å². The zero-order valence-electron chi connectivity index (χ0n) is 13.3. The van der Waals surface area contributed by atoms with Crippen molar-refractivity contribution in [3.05, 3.63) is 18.0 Å². The highest BCUT2D eigenvalue weighted by Gasteiger charge is 2.38. The van der Waals surface area contributed by atoms with Gasteiger partial charge in [-0.15, -0.1) is 0 Å². The molecule has 0 bridgehead atoms. The van der Waals surface area contributed by atoms with E-state index in [0.717, 1.165) is 23.7 Å². The van der Waals surface area contributed by atoms with Gasteiger partial charge in [0.25, 0.3) is 0 Å². The standard InChI is InChI=1S/C17H30N2/c1-6-16(17-7-8-19(5)18-17)13(4)10-15-11-14(15)9-12(2)3/h7-8,12-16H,6,9-11H2,1-5H3. The van der Waals surface area contributed by atoms with Crippen LogP contribution in [0.1, 0.15) is 65.0 Å². The Bertz CT molecular complexity index is 394. The van der Waals surface area contributed by atoms with Crippen LogP contribution in [-0.4, -0.2) is 9.78 Å². The first kappa shape index (κ1) is 14.6. The normalized spacial score (nSPS) is 25.6. The van der Waals surface area contributed by atoms with Gasteiger partial charge in [0.05, 0.1) is 5.69 Å². The molecule has 0 spiro atoms. The van der Waals surface area contributed by atoms with Gasteiger partial charge in [0.1, 0.15) is 0 Å². The number of aromatic nitrogens is 2. The van der Waals surface area contributed by atoms with Crippen LogP contribution in [0.4, 0.5) is 0 Å². The van der Waals surface area contributed by atoms with E-state index >= 15 is 0 Å². The summed E-state index contributed by atoms with van der Waals surface area (Å²) in [6, 6.07) is 2.20. The summed E-state index contributed by atoms with van der Waals surface area (Å²) in [5.74, 6) is 4.28. The highest BCUT2D eigenvalue weighted by Crippen LogP contribution is 2.48. The van der Waals surface area contributed by atoms with Crippen LogP contribution in [0, 0.1) is 23.7 Å². The van der Waals surface area contributed by atoms with Gasteiger partial charge in [0.2, 0.25) is 0 Å². The lowest BCUT2D eigenvalue weighted by atomic mass is 9.84. The number of hydrogen-bond donors (Lipinski definition) is 0. The lowest BCUT2D eigenvalue weighted by Gasteiger charge is -2.21. The molecule has 4 atom stereocenters. The van der Waals surface area contributed by atoms with E-state index in [1.54, 1.807) is 0 Å². The molecule has 0 saturated heterocycles. The molecular weight excluding hydrogens is 232 g/mol. The molecule has 1 aliphatic rings. The maximum atomic E-state index is 4.61. The Labute approximate surface area is 118 Å². The van der Waals surface area contributed by atoms with Crippen LogP contribution in [0.2, 0.25) is 0 Å². The van der Waals surface area contributed by atoms with E-state index in [2.05, 4.69) is 45.1 Å². The minimum atomic E-state index is 0.640. The van der Waals surface area contributed by atoms with Crippen LogP contribution in [-0.2, 0) is 7.05 Å². The number of aryl methyl sites for hydroxylation is 1. The van der Waals surface area contributed by atoms with Crippen molar-refractivity contribution in [3.63, 3.8) is 0 Å². The summed E-state index contributed by atoms with van der Waals surface area (Å²) in [4.78, 5) is 0. The van der Waals surface area contributed by atoms with Crippen LogP contribution in [0.15, 0.2) is 12.3 Å². The van der Waals surface area contributed by atoms with E-state index in [0.29, 0.717) is 5.92 Å². The third kappa shape index (κ3) is 3.84. The Morgan fingerprint density at radius 1 is 1.26 bits per heavy atom. The van der Waals surface area contributed by atoms with Crippen LogP contribution in [0.3, 0.4) is 0 Å². The Hall–Kier alpha value is -0.790. The summed E-state index contributed by atoms with van der Waals surface area (Å²) >= 11 is 0. The van der Waals surface area contributed by atoms with Crippen molar-refractivity contribution in [1.29, 1.82) is 0 Å². The van der Waals surface area contributed by atoms with Crippen LogP contribution >= 0.6 is 0 Å². The zero-order chi connectivity index (χ0) is 14.0. The molecule has 19 heavy (non-hydrogen) atoms. The average Bonchev–Trinajstić information content (AvgIpc) is 2.87. The summed E-state index contributed by atoms with van der Waals surface area (Å²) in [5, 5.41) is 4.61. The van der Waals surface area contributed by atoms with Crippen molar-refractivity contribution in [2.24, 2.45) is 30.7 Å². The molecule has 1 aliphatic carbocycles. The van der Waals surface area contributed by atoms with E-state index in [9.17, 15) is 0 Å². The number of hydrogen-bond acceptors (Lipinski definition) is 1. The first-order chi connectivity index (χ1) is 9.01. The number of nitrogens with zero attached hydrogens (tertiary/aromatic N) is 2. The van der Waals surface area contributed by atoms with Crippen LogP contribution < -0.4 is 0 Å². The second kappa shape index (κ2) is 6.11. The first-order valence-corrected chi connectivity index (χ1v) is 8.00. The van der Waals surface area contributed by atoms with Crippen LogP contribution in [0.25, 0.3) is 0 Å². The minimum absolute atomic E-state index is 0.640. The Morgan fingerprint density at radius 2 is 1.95 bits per heavy atom. The molecule has 2 nitrogen and oxygen atoms in total. The SMILES string of the molecule is CCC(c1ccn(C)n1)C(C)CC1CC1CC(C)C. The van der Waals surface area contributed by atoms with Crippen molar-refractivity contribution < 1.29 is 0 Å². The molecule has 0 radical (unpaired) electrons. The predicted molar refractivity (Wildman–Crippen MR) is 81.1 cm³/mol. The molecular formula is C17H30N2. The predicted octanol–water partition coefficient (Wildman–Crippen LogP) is 4.62. The molecule has 0 aliphatic heterocycles. The van der Waals surface area contributed by atoms with Gasteiger partial charge in [-0.3, -0.25) is 4.68 Å². The number of rotatable bonds is 7. The lowest BCUT2D eigenvalue weighted by Crippen LogP contribution is -2.11. The molecule has 108 valence electrons. The van der Waals surface area contributed by atoms with E-state index in [1.165, 1.54) is 31.4 Å². The maximum Gasteiger partial charge on any atom is 0.0657 e.